The van der Waals surface area contributed by atoms with Gasteiger partial charge in [-0.2, -0.15) is 0 Å². The van der Waals surface area contributed by atoms with Crippen LogP contribution < -0.4 is 4.90 Å². The molecule has 0 saturated carbocycles. The number of para-hydroxylation sites is 1. The van der Waals surface area contributed by atoms with Gasteiger partial charge in [-0.25, -0.2) is 9.18 Å². The molecule has 0 fully saturated rings. The molecule has 29 heavy (non-hydrogen) atoms. The van der Waals surface area contributed by atoms with Gasteiger partial charge in [0.2, 0.25) is 5.76 Å². The fourth-order valence-electron chi connectivity index (χ4n) is 2.97. The maximum atomic E-state index is 13.8. The van der Waals surface area contributed by atoms with Gasteiger partial charge in [-0.05, 0) is 30.7 Å². The number of likely N-dealkylation sites (N-methyl/N-ethyl adjacent to an activating group) is 1. The van der Waals surface area contributed by atoms with E-state index in [1.54, 1.807) is 26.1 Å². The average Bonchev–Trinajstić information content (AvgIpc) is 3.04. The van der Waals surface area contributed by atoms with E-state index in [1.165, 1.54) is 11.0 Å². The first-order valence-corrected chi connectivity index (χ1v) is 9.13. The van der Waals surface area contributed by atoms with E-state index < -0.39 is 18.4 Å². The van der Waals surface area contributed by atoms with E-state index >= 15 is 0 Å². The molecule has 0 radical (unpaired) electrons. The molecule has 7 heteroatoms. The molecule has 1 heterocycles. The number of hydrogen-bond acceptors (Lipinski definition) is 5. The molecule has 2 aromatic carbocycles. The van der Waals surface area contributed by atoms with Crippen molar-refractivity contribution in [2.75, 3.05) is 32.6 Å². The van der Waals surface area contributed by atoms with Crippen LogP contribution in [0.5, 0.6) is 0 Å². The van der Waals surface area contributed by atoms with Gasteiger partial charge in [-0.1, -0.05) is 24.3 Å². The van der Waals surface area contributed by atoms with Crippen LogP contribution in [0.2, 0.25) is 0 Å². The second kappa shape index (κ2) is 8.34. The number of furan rings is 1. The number of nitrogens with zero attached hydrogens (tertiary/aromatic N) is 2. The van der Waals surface area contributed by atoms with Crippen LogP contribution in [0.4, 0.5) is 10.1 Å². The molecule has 0 saturated heterocycles. The Hall–Kier alpha value is -3.35. The third kappa shape index (κ3) is 4.39. The molecule has 3 rings (SSSR count). The summed E-state index contributed by atoms with van der Waals surface area (Å²) in [5.41, 5.74) is 2.50. The van der Waals surface area contributed by atoms with Gasteiger partial charge in [0.15, 0.2) is 18.0 Å². The standard InChI is InChI=1S/C22H23FN2O4/c1-14-17-6-5-7-18(23)21(17)29-20(14)22(27)28-13-19(26)25(4)12-15-8-10-16(11-9-15)24(2)3/h5-11H,12-13H2,1-4H3. The number of ether oxygens (including phenoxy) is 1. The van der Waals surface area contributed by atoms with Crippen molar-refractivity contribution in [1.82, 2.24) is 4.90 Å². The Morgan fingerprint density at radius 1 is 1.07 bits per heavy atom. The minimum absolute atomic E-state index is 0.00145. The number of carbonyl (C=O) groups is 2. The normalized spacial score (nSPS) is 10.8. The third-order valence-electron chi connectivity index (χ3n) is 4.73. The lowest BCUT2D eigenvalue weighted by Gasteiger charge is -2.18. The Labute approximate surface area is 168 Å². The highest BCUT2D eigenvalue weighted by Gasteiger charge is 2.22. The van der Waals surface area contributed by atoms with Gasteiger partial charge in [0, 0.05) is 44.3 Å². The number of carbonyl (C=O) groups excluding carboxylic acids is 2. The lowest BCUT2D eigenvalue weighted by atomic mass is 10.1. The summed E-state index contributed by atoms with van der Waals surface area (Å²) in [6.45, 7) is 1.61. The molecule has 0 bridgehead atoms. The molecule has 0 spiro atoms. The van der Waals surface area contributed by atoms with Gasteiger partial charge in [-0.3, -0.25) is 4.79 Å². The summed E-state index contributed by atoms with van der Waals surface area (Å²) in [4.78, 5) is 28.1. The van der Waals surface area contributed by atoms with Crippen LogP contribution in [0, 0.1) is 12.7 Å². The molecule has 152 valence electrons. The summed E-state index contributed by atoms with van der Waals surface area (Å²) in [6, 6.07) is 12.3. The molecular weight excluding hydrogens is 375 g/mol. The van der Waals surface area contributed by atoms with Gasteiger partial charge in [0.1, 0.15) is 0 Å². The summed E-state index contributed by atoms with van der Waals surface area (Å²) < 4.78 is 24.3. The highest BCUT2D eigenvalue weighted by molar-refractivity contribution is 5.96. The fraction of sp³-hybridized carbons (Fsp3) is 0.273. The van der Waals surface area contributed by atoms with Gasteiger partial charge >= 0.3 is 5.97 Å². The van der Waals surface area contributed by atoms with E-state index in [0.29, 0.717) is 17.5 Å². The highest BCUT2D eigenvalue weighted by atomic mass is 19.1. The minimum Gasteiger partial charge on any atom is -0.450 e. The number of halogens is 1. The zero-order chi connectivity index (χ0) is 21.1. The first kappa shape index (κ1) is 20.4. The molecule has 0 aliphatic rings. The van der Waals surface area contributed by atoms with Gasteiger partial charge in [-0.15, -0.1) is 0 Å². The quantitative estimate of drug-likeness (QED) is 0.592. The second-order valence-corrected chi connectivity index (χ2v) is 7.06. The predicted octanol–water partition coefficient (Wildman–Crippen LogP) is 3.76. The van der Waals surface area contributed by atoms with Crippen molar-refractivity contribution < 1.29 is 23.1 Å². The smallest absolute Gasteiger partial charge is 0.375 e. The highest BCUT2D eigenvalue weighted by Crippen LogP contribution is 2.27. The lowest BCUT2D eigenvalue weighted by Crippen LogP contribution is -2.30. The molecule has 1 amide bonds. The Balaban J connectivity index is 1.60. The number of fused-ring (bicyclic) bond motifs is 1. The first-order valence-electron chi connectivity index (χ1n) is 9.13. The van der Waals surface area contributed by atoms with Crippen molar-refractivity contribution in [2.45, 2.75) is 13.5 Å². The Bertz CT molecular complexity index is 1040. The number of aryl methyl sites for hydroxylation is 1. The Morgan fingerprint density at radius 2 is 1.76 bits per heavy atom. The van der Waals surface area contributed by atoms with E-state index in [-0.39, 0.29) is 17.3 Å². The van der Waals surface area contributed by atoms with E-state index in [9.17, 15) is 14.0 Å². The molecule has 0 unspecified atom stereocenters. The van der Waals surface area contributed by atoms with Gasteiger partial charge in [0.05, 0.1) is 0 Å². The largest absolute Gasteiger partial charge is 0.450 e. The van der Waals surface area contributed by atoms with Crippen molar-refractivity contribution in [3.8, 4) is 0 Å². The average molecular weight is 398 g/mol. The molecule has 1 aromatic heterocycles. The summed E-state index contributed by atoms with van der Waals surface area (Å²) in [5, 5.41) is 0.501. The molecule has 3 aromatic rings. The molecule has 0 atom stereocenters. The van der Waals surface area contributed by atoms with Crippen LogP contribution in [-0.4, -0.2) is 44.5 Å². The van der Waals surface area contributed by atoms with E-state index in [1.807, 2.05) is 43.3 Å². The van der Waals surface area contributed by atoms with Crippen LogP contribution in [0.15, 0.2) is 46.9 Å². The van der Waals surface area contributed by atoms with Crippen LogP contribution in [0.25, 0.3) is 11.0 Å². The summed E-state index contributed by atoms with van der Waals surface area (Å²) >= 11 is 0. The molecule has 0 aliphatic carbocycles. The van der Waals surface area contributed by atoms with Crippen LogP contribution in [0.3, 0.4) is 0 Å². The third-order valence-corrected chi connectivity index (χ3v) is 4.73. The number of benzene rings is 2. The molecular formula is C22H23FN2O4. The van der Waals surface area contributed by atoms with Crippen LogP contribution in [0.1, 0.15) is 21.7 Å². The van der Waals surface area contributed by atoms with Gasteiger partial charge in [0.25, 0.3) is 5.91 Å². The topological polar surface area (TPSA) is 63.0 Å². The lowest BCUT2D eigenvalue weighted by molar-refractivity contribution is -0.133. The fourth-order valence-corrected chi connectivity index (χ4v) is 2.97. The van der Waals surface area contributed by atoms with Crippen molar-refractivity contribution >= 4 is 28.5 Å². The number of esters is 1. The minimum atomic E-state index is -0.796. The number of anilines is 1. The maximum Gasteiger partial charge on any atom is 0.375 e. The Kier molecular flexibility index (Phi) is 5.87. The number of hydrogen-bond donors (Lipinski definition) is 0. The maximum absolute atomic E-state index is 13.8. The molecule has 0 aliphatic heterocycles. The van der Waals surface area contributed by atoms with Crippen molar-refractivity contribution in [3.05, 3.63) is 65.2 Å². The summed E-state index contributed by atoms with van der Waals surface area (Å²) in [5.74, 6) is -1.80. The SMILES string of the molecule is Cc1c(C(=O)OCC(=O)N(C)Cc2ccc(N(C)C)cc2)oc2c(F)cccc12. The summed E-state index contributed by atoms with van der Waals surface area (Å²) in [6.07, 6.45) is 0. The van der Waals surface area contributed by atoms with E-state index in [0.717, 1.165) is 11.3 Å². The summed E-state index contributed by atoms with van der Waals surface area (Å²) in [7, 11) is 5.55. The van der Waals surface area contributed by atoms with E-state index in [4.69, 9.17) is 9.15 Å². The molecule has 6 nitrogen and oxygen atoms in total. The van der Waals surface area contributed by atoms with E-state index in [2.05, 4.69) is 0 Å². The number of amides is 1. The monoisotopic (exact) mass is 398 g/mol. The molecule has 0 N–H and O–H groups in total. The van der Waals surface area contributed by atoms with Crippen molar-refractivity contribution in [1.29, 1.82) is 0 Å². The first-order chi connectivity index (χ1) is 13.8. The van der Waals surface area contributed by atoms with Crippen LogP contribution >= 0.6 is 0 Å². The van der Waals surface area contributed by atoms with Crippen molar-refractivity contribution in [3.63, 3.8) is 0 Å². The van der Waals surface area contributed by atoms with Crippen LogP contribution in [-0.2, 0) is 16.1 Å². The zero-order valence-electron chi connectivity index (χ0n) is 16.9. The predicted molar refractivity (Wildman–Crippen MR) is 108 cm³/mol. The number of rotatable bonds is 6. The van der Waals surface area contributed by atoms with Gasteiger partial charge < -0.3 is 19.0 Å². The Morgan fingerprint density at radius 3 is 2.38 bits per heavy atom. The second-order valence-electron chi connectivity index (χ2n) is 7.06. The zero-order valence-corrected chi connectivity index (χ0v) is 16.9. The van der Waals surface area contributed by atoms with Crippen molar-refractivity contribution in [2.24, 2.45) is 0 Å².